The van der Waals surface area contributed by atoms with Gasteiger partial charge in [0, 0.05) is 53.8 Å². The molecule has 0 saturated heterocycles. The molecule has 6 heteroatoms. The van der Waals surface area contributed by atoms with E-state index >= 15 is 0 Å². The SMILES string of the molecule is CC/N=c1\cc2oc3cc(NCC)c(C)cc3c(-c3ccc(OCCCCC(=O)O)cc3)c-2cc1C. The van der Waals surface area contributed by atoms with E-state index < -0.39 is 5.97 Å². The van der Waals surface area contributed by atoms with Crippen LogP contribution in [0, 0.1) is 13.8 Å². The van der Waals surface area contributed by atoms with Gasteiger partial charge in [-0.05, 0) is 81.5 Å². The van der Waals surface area contributed by atoms with Gasteiger partial charge in [0.05, 0.1) is 12.0 Å². The minimum absolute atomic E-state index is 0.170. The minimum Gasteiger partial charge on any atom is -0.494 e. The monoisotopic (exact) mass is 486 g/mol. The third-order valence-corrected chi connectivity index (χ3v) is 6.28. The Morgan fingerprint density at radius 1 is 1.03 bits per heavy atom. The van der Waals surface area contributed by atoms with Gasteiger partial charge in [-0.25, -0.2) is 0 Å². The summed E-state index contributed by atoms with van der Waals surface area (Å²) in [5.41, 5.74) is 7.41. The Labute approximate surface area is 212 Å². The Bertz CT molecular complexity index is 1400. The Morgan fingerprint density at radius 3 is 2.50 bits per heavy atom. The number of anilines is 1. The maximum atomic E-state index is 10.7. The van der Waals surface area contributed by atoms with Gasteiger partial charge in [0.2, 0.25) is 0 Å². The molecule has 188 valence electrons. The van der Waals surface area contributed by atoms with E-state index in [1.54, 1.807) is 0 Å². The molecule has 2 aromatic rings. The lowest BCUT2D eigenvalue weighted by Crippen LogP contribution is -2.09. The molecular weight excluding hydrogens is 452 g/mol. The van der Waals surface area contributed by atoms with E-state index in [9.17, 15) is 4.79 Å². The Balaban J connectivity index is 1.79. The highest BCUT2D eigenvalue weighted by Crippen LogP contribution is 2.42. The molecule has 1 aliphatic carbocycles. The zero-order chi connectivity index (χ0) is 25.7. The molecule has 0 unspecified atom stereocenters. The first-order valence-corrected chi connectivity index (χ1v) is 12.6. The molecular formula is C30H34N2O4. The lowest BCUT2D eigenvalue weighted by atomic mass is 9.91. The average Bonchev–Trinajstić information content (AvgIpc) is 2.85. The fraction of sp³-hybridized carbons (Fsp3) is 0.333. The van der Waals surface area contributed by atoms with Crippen LogP contribution in [0.25, 0.3) is 33.4 Å². The average molecular weight is 487 g/mol. The van der Waals surface area contributed by atoms with Crippen molar-refractivity contribution in [2.24, 2.45) is 4.99 Å². The van der Waals surface area contributed by atoms with Crippen molar-refractivity contribution in [3.05, 3.63) is 65.0 Å². The van der Waals surface area contributed by atoms with Crippen LogP contribution in [-0.4, -0.2) is 30.8 Å². The summed E-state index contributed by atoms with van der Waals surface area (Å²) in [6, 6.07) is 16.6. The van der Waals surface area contributed by atoms with Gasteiger partial charge in [0.15, 0.2) is 0 Å². The number of carboxylic acid groups (broad SMARTS) is 1. The molecule has 2 N–H and O–H groups in total. The minimum atomic E-state index is -0.771. The number of ether oxygens (including phenoxy) is 1. The van der Waals surface area contributed by atoms with Crippen LogP contribution in [0.15, 0.2) is 57.9 Å². The standard InChI is InChI=1S/C30H34N2O4/c1-5-31-25-17-27-23(15-19(25)3)30(24-16-20(4)26(32-6-2)18-28(24)36-27)21-10-12-22(13-11-21)35-14-8-7-9-29(33)34/h10-13,15-18,31H,5-9,14H2,1-4H3,(H,33,34)/b32-26+. The van der Waals surface area contributed by atoms with Crippen LogP contribution < -0.4 is 15.4 Å². The second-order valence-corrected chi connectivity index (χ2v) is 9.00. The molecule has 2 aliphatic rings. The van der Waals surface area contributed by atoms with Crippen LogP contribution in [0.2, 0.25) is 0 Å². The molecule has 2 aromatic carbocycles. The van der Waals surface area contributed by atoms with Crippen LogP contribution in [0.4, 0.5) is 5.69 Å². The highest BCUT2D eigenvalue weighted by molar-refractivity contribution is 6.03. The fourth-order valence-electron chi connectivity index (χ4n) is 4.51. The number of carboxylic acids is 1. The van der Waals surface area contributed by atoms with E-state index in [4.69, 9.17) is 14.3 Å². The molecule has 0 saturated carbocycles. The molecule has 0 bridgehead atoms. The normalized spacial score (nSPS) is 11.8. The van der Waals surface area contributed by atoms with Gasteiger partial charge in [-0.15, -0.1) is 0 Å². The van der Waals surface area contributed by atoms with Gasteiger partial charge in [-0.2, -0.15) is 0 Å². The fourth-order valence-corrected chi connectivity index (χ4v) is 4.51. The zero-order valence-corrected chi connectivity index (χ0v) is 21.5. The van der Waals surface area contributed by atoms with Gasteiger partial charge in [0.1, 0.15) is 17.1 Å². The van der Waals surface area contributed by atoms with E-state index in [0.29, 0.717) is 26.0 Å². The number of unbranched alkanes of at least 4 members (excludes halogenated alkanes) is 1. The summed E-state index contributed by atoms with van der Waals surface area (Å²) < 4.78 is 12.3. The van der Waals surface area contributed by atoms with Crippen molar-refractivity contribution in [2.75, 3.05) is 25.0 Å². The van der Waals surface area contributed by atoms with Gasteiger partial charge in [0.25, 0.3) is 0 Å². The van der Waals surface area contributed by atoms with Crippen molar-refractivity contribution >= 4 is 22.6 Å². The van der Waals surface area contributed by atoms with Crippen LogP contribution in [0.1, 0.15) is 44.2 Å². The zero-order valence-electron chi connectivity index (χ0n) is 21.5. The molecule has 6 nitrogen and oxygen atoms in total. The molecule has 36 heavy (non-hydrogen) atoms. The number of hydrogen-bond donors (Lipinski definition) is 2. The summed E-state index contributed by atoms with van der Waals surface area (Å²) in [6.07, 6.45) is 1.49. The summed E-state index contributed by atoms with van der Waals surface area (Å²) in [4.78, 5) is 15.3. The Hall–Kier alpha value is -3.80. The largest absolute Gasteiger partial charge is 0.494 e. The smallest absolute Gasteiger partial charge is 0.303 e. The lowest BCUT2D eigenvalue weighted by molar-refractivity contribution is -0.137. The van der Waals surface area contributed by atoms with Crippen molar-refractivity contribution in [3.63, 3.8) is 0 Å². The molecule has 0 aromatic heterocycles. The van der Waals surface area contributed by atoms with Crippen molar-refractivity contribution in [3.8, 4) is 28.2 Å². The second-order valence-electron chi connectivity index (χ2n) is 9.00. The first-order valence-electron chi connectivity index (χ1n) is 12.6. The van der Waals surface area contributed by atoms with E-state index in [0.717, 1.165) is 67.9 Å². The molecule has 0 amide bonds. The number of rotatable bonds is 10. The number of hydrogen-bond acceptors (Lipinski definition) is 5. The quantitative estimate of drug-likeness (QED) is 0.190. The van der Waals surface area contributed by atoms with E-state index in [-0.39, 0.29) is 6.42 Å². The molecule has 0 spiro atoms. The summed E-state index contributed by atoms with van der Waals surface area (Å²) in [6.45, 7) is 10.4. The van der Waals surface area contributed by atoms with Crippen molar-refractivity contribution in [2.45, 2.75) is 47.0 Å². The molecule has 0 fully saturated rings. The van der Waals surface area contributed by atoms with Crippen LogP contribution >= 0.6 is 0 Å². The third kappa shape index (κ3) is 5.54. The Morgan fingerprint density at radius 2 is 1.81 bits per heavy atom. The van der Waals surface area contributed by atoms with Crippen LogP contribution in [-0.2, 0) is 4.79 Å². The predicted octanol–water partition coefficient (Wildman–Crippen LogP) is 6.81. The number of carbonyl (C=O) groups is 1. The van der Waals surface area contributed by atoms with Crippen LogP contribution in [0.5, 0.6) is 5.75 Å². The van der Waals surface area contributed by atoms with Gasteiger partial charge < -0.3 is 19.6 Å². The molecule has 4 rings (SSSR count). The summed E-state index contributed by atoms with van der Waals surface area (Å²) in [5.74, 6) is 0.807. The number of fused-ring (bicyclic) bond motifs is 2. The van der Waals surface area contributed by atoms with Crippen LogP contribution in [0.3, 0.4) is 0 Å². The number of aryl methyl sites for hydroxylation is 2. The summed E-state index contributed by atoms with van der Waals surface area (Å²) in [7, 11) is 0. The number of nitrogens with zero attached hydrogens (tertiary/aromatic N) is 1. The summed E-state index contributed by atoms with van der Waals surface area (Å²) in [5, 5.41) is 14.2. The van der Waals surface area contributed by atoms with E-state index in [1.165, 1.54) is 0 Å². The van der Waals surface area contributed by atoms with Gasteiger partial charge in [-0.1, -0.05) is 12.1 Å². The predicted molar refractivity (Wildman–Crippen MR) is 145 cm³/mol. The first kappa shape index (κ1) is 25.3. The number of benzene rings is 3. The second kappa shape index (κ2) is 11.3. The number of aliphatic carboxylic acids is 1. The molecule has 1 heterocycles. The molecule has 0 radical (unpaired) electrons. The van der Waals surface area contributed by atoms with E-state index in [2.05, 4.69) is 61.4 Å². The highest BCUT2D eigenvalue weighted by atomic mass is 16.5. The maximum Gasteiger partial charge on any atom is 0.303 e. The summed E-state index contributed by atoms with van der Waals surface area (Å²) >= 11 is 0. The lowest BCUT2D eigenvalue weighted by Gasteiger charge is -2.18. The van der Waals surface area contributed by atoms with E-state index in [1.807, 2.05) is 25.1 Å². The van der Waals surface area contributed by atoms with Gasteiger partial charge in [-0.3, -0.25) is 9.79 Å². The maximum absolute atomic E-state index is 10.7. The molecule has 0 atom stereocenters. The third-order valence-electron chi connectivity index (χ3n) is 6.28. The van der Waals surface area contributed by atoms with Crippen molar-refractivity contribution in [1.29, 1.82) is 0 Å². The highest BCUT2D eigenvalue weighted by Gasteiger charge is 2.19. The van der Waals surface area contributed by atoms with Crippen molar-refractivity contribution in [1.82, 2.24) is 0 Å². The van der Waals surface area contributed by atoms with Crippen molar-refractivity contribution < 1.29 is 19.1 Å². The van der Waals surface area contributed by atoms with Gasteiger partial charge >= 0.3 is 5.97 Å². The first-order chi connectivity index (χ1) is 17.4. The number of nitrogens with one attached hydrogen (secondary N) is 1. The molecule has 1 aliphatic heterocycles. The Kier molecular flexibility index (Phi) is 7.93. The topological polar surface area (TPSA) is 84.1 Å².